The molecule has 2 aliphatic rings. The number of aromatic nitrogens is 3. The van der Waals surface area contributed by atoms with Crippen LogP contribution in [0.2, 0.25) is 0 Å². The maximum absolute atomic E-state index is 11.8. The van der Waals surface area contributed by atoms with Gasteiger partial charge in [0, 0.05) is 37.6 Å². The predicted molar refractivity (Wildman–Crippen MR) is 125 cm³/mol. The fraction of sp³-hybridized carbons (Fsp3) is 0.364. The van der Waals surface area contributed by atoms with Crippen LogP contribution in [0.4, 0.5) is 17.3 Å². The fourth-order valence-corrected chi connectivity index (χ4v) is 4.86. The van der Waals surface area contributed by atoms with Gasteiger partial charge in [-0.15, -0.1) is 5.10 Å². The molecule has 0 saturated carbocycles. The molecule has 168 valence electrons. The average molecular weight is 455 g/mol. The predicted octanol–water partition coefficient (Wildman–Crippen LogP) is 2.36. The monoisotopic (exact) mass is 454 g/mol. The molecular formula is C22H26N6O3S. The minimum atomic E-state index is -3.18. The number of fused-ring (bicyclic) bond motifs is 1. The summed E-state index contributed by atoms with van der Waals surface area (Å²) in [6.07, 6.45) is 5.64. The molecule has 0 unspecified atom stereocenters. The molecule has 0 atom stereocenters. The zero-order valence-electron chi connectivity index (χ0n) is 17.9. The number of ether oxygens (including phenoxy) is 1. The van der Waals surface area contributed by atoms with Crippen LogP contribution in [0.3, 0.4) is 0 Å². The maximum atomic E-state index is 11.8. The van der Waals surface area contributed by atoms with Crippen LogP contribution in [0.15, 0.2) is 48.7 Å². The Balaban J connectivity index is 1.34. The Morgan fingerprint density at radius 1 is 1.03 bits per heavy atom. The first-order chi connectivity index (χ1) is 15.5. The van der Waals surface area contributed by atoms with E-state index in [1.54, 1.807) is 6.20 Å². The van der Waals surface area contributed by atoms with Crippen molar-refractivity contribution >= 4 is 38.4 Å². The number of hydrogen-bond acceptors (Lipinski definition) is 7. The van der Waals surface area contributed by atoms with Gasteiger partial charge >= 0.3 is 0 Å². The number of rotatable bonds is 5. The van der Waals surface area contributed by atoms with Gasteiger partial charge in [0.25, 0.3) is 0 Å². The van der Waals surface area contributed by atoms with Crippen molar-refractivity contribution in [2.75, 3.05) is 55.9 Å². The van der Waals surface area contributed by atoms with E-state index in [-0.39, 0.29) is 0 Å². The topological polar surface area (TPSA) is 92.1 Å². The molecule has 0 aliphatic carbocycles. The van der Waals surface area contributed by atoms with Crippen LogP contribution in [-0.2, 0) is 14.8 Å². The van der Waals surface area contributed by atoms with Crippen LogP contribution in [0, 0.1) is 0 Å². The van der Waals surface area contributed by atoms with Crippen molar-refractivity contribution in [2.45, 2.75) is 6.42 Å². The van der Waals surface area contributed by atoms with Gasteiger partial charge < -0.3 is 15.0 Å². The fourth-order valence-electron chi connectivity index (χ4n) is 4.09. The van der Waals surface area contributed by atoms with Crippen molar-refractivity contribution in [3.05, 3.63) is 54.4 Å². The third-order valence-corrected chi connectivity index (χ3v) is 7.14. The second kappa shape index (κ2) is 8.53. The summed E-state index contributed by atoms with van der Waals surface area (Å²) in [7, 11) is -3.18. The summed E-state index contributed by atoms with van der Waals surface area (Å²) in [4.78, 5) is 6.75. The second-order valence-corrected chi connectivity index (χ2v) is 9.99. The summed E-state index contributed by atoms with van der Waals surface area (Å²) >= 11 is 0. The van der Waals surface area contributed by atoms with Crippen molar-refractivity contribution in [1.29, 1.82) is 0 Å². The molecule has 10 heteroatoms. The van der Waals surface area contributed by atoms with Gasteiger partial charge in [0.05, 0.1) is 36.9 Å². The highest BCUT2D eigenvalue weighted by Gasteiger charge is 2.21. The smallest absolute Gasteiger partial charge is 0.245 e. The van der Waals surface area contributed by atoms with Crippen LogP contribution >= 0.6 is 0 Å². The van der Waals surface area contributed by atoms with Gasteiger partial charge in [0.15, 0.2) is 0 Å². The van der Waals surface area contributed by atoms with Crippen molar-refractivity contribution in [3.8, 4) is 0 Å². The molecule has 0 bridgehead atoms. The molecule has 1 aromatic carbocycles. The lowest BCUT2D eigenvalue weighted by Crippen LogP contribution is -2.36. The number of nitrogens with one attached hydrogen (secondary N) is 1. The zero-order chi connectivity index (χ0) is 22.1. The molecule has 1 saturated heterocycles. The van der Waals surface area contributed by atoms with E-state index in [4.69, 9.17) is 4.74 Å². The maximum Gasteiger partial charge on any atom is 0.245 e. The van der Waals surface area contributed by atoms with E-state index in [1.165, 1.54) is 16.2 Å². The van der Waals surface area contributed by atoms with Crippen LogP contribution in [-0.4, -0.2) is 73.0 Å². The van der Waals surface area contributed by atoms with Gasteiger partial charge in [0.2, 0.25) is 16.0 Å². The van der Waals surface area contributed by atoms with E-state index < -0.39 is 10.0 Å². The van der Waals surface area contributed by atoms with E-state index in [0.29, 0.717) is 25.5 Å². The first kappa shape index (κ1) is 20.9. The highest BCUT2D eigenvalue weighted by Crippen LogP contribution is 2.26. The van der Waals surface area contributed by atoms with Gasteiger partial charge in [-0.3, -0.25) is 0 Å². The summed E-state index contributed by atoms with van der Waals surface area (Å²) in [5.41, 5.74) is 5.02. The molecule has 0 radical (unpaired) electrons. The summed E-state index contributed by atoms with van der Waals surface area (Å²) in [5, 5.41) is 7.96. The van der Waals surface area contributed by atoms with Gasteiger partial charge in [-0.25, -0.2) is 17.9 Å². The molecule has 0 spiro atoms. The third-order valence-electron chi connectivity index (χ3n) is 5.87. The molecule has 32 heavy (non-hydrogen) atoms. The third kappa shape index (κ3) is 4.34. The van der Waals surface area contributed by atoms with Crippen LogP contribution in [0.5, 0.6) is 0 Å². The summed E-state index contributed by atoms with van der Waals surface area (Å²) in [6.45, 7) is 4.18. The quantitative estimate of drug-likeness (QED) is 0.633. The average Bonchev–Trinajstić information content (AvgIpc) is 3.23. The molecule has 2 aromatic heterocycles. The van der Waals surface area contributed by atoms with Crippen molar-refractivity contribution in [1.82, 2.24) is 18.9 Å². The SMILES string of the molecule is CS(=O)(=O)N1CC=C(c2ccc3cnc(Nc4ccc(N5CCOCC5)cc4)nn23)CC1. The Morgan fingerprint density at radius 3 is 2.50 bits per heavy atom. The lowest BCUT2D eigenvalue weighted by Gasteiger charge is -2.28. The Kier molecular flexibility index (Phi) is 5.58. The van der Waals surface area contributed by atoms with Crippen LogP contribution in [0.25, 0.3) is 11.1 Å². The van der Waals surface area contributed by atoms with Crippen LogP contribution in [0.1, 0.15) is 12.1 Å². The molecule has 0 amide bonds. The van der Waals surface area contributed by atoms with E-state index in [2.05, 4.69) is 32.4 Å². The normalized spacial score (nSPS) is 18.0. The van der Waals surface area contributed by atoms with E-state index in [0.717, 1.165) is 48.8 Å². The lowest BCUT2D eigenvalue weighted by atomic mass is 10.1. The molecule has 1 N–H and O–H groups in total. The second-order valence-electron chi connectivity index (χ2n) is 8.01. The molecule has 1 fully saturated rings. The van der Waals surface area contributed by atoms with E-state index >= 15 is 0 Å². The number of morpholine rings is 1. The number of anilines is 3. The van der Waals surface area contributed by atoms with Gasteiger partial charge in [-0.1, -0.05) is 6.08 Å². The van der Waals surface area contributed by atoms with Crippen molar-refractivity contribution in [3.63, 3.8) is 0 Å². The molecule has 5 rings (SSSR count). The molecule has 3 aromatic rings. The Hall–Kier alpha value is -2.95. The lowest BCUT2D eigenvalue weighted by molar-refractivity contribution is 0.122. The molecule has 2 aliphatic heterocycles. The van der Waals surface area contributed by atoms with E-state index in [9.17, 15) is 8.42 Å². The van der Waals surface area contributed by atoms with Gasteiger partial charge in [-0.05, 0) is 48.4 Å². The summed E-state index contributed by atoms with van der Waals surface area (Å²) in [5.74, 6) is 0.503. The summed E-state index contributed by atoms with van der Waals surface area (Å²) < 4.78 is 32.3. The van der Waals surface area contributed by atoms with E-state index in [1.807, 2.05) is 34.9 Å². The zero-order valence-corrected chi connectivity index (χ0v) is 18.8. The largest absolute Gasteiger partial charge is 0.378 e. The Bertz CT molecular complexity index is 1250. The minimum Gasteiger partial charge on any atom is -0.378 e. The highest BCUT2D eigenvalue weighted by molar-refractivity contribution is 7.88. The summed E-state index contributed by atoms with van der Waals surface area (Å²) in [6, 6.07) is 12.2. The minimum absolute atomic E-state index is 0.382. The first-order valence-electron chi connectivity index (χ1n) is 10.7. The Labute approximate surface area is 187 Å². The standard InChI is InChI=1S/C22H26N6O3S/c1-32(29,30)27-10-8-17(9-11-27)21-7-6-20-16-23-22(25-28(20)21)24-18-2-4-19(5-3-18)26-12-14-31-15-13-26/h2-8,16H,9-15H2,1H3,(H,24,25). The number of hydrogen-bond donors (Lipinski definition) is 1. The highest BCUT2D eigenvalue weighted by atomic mass is 32.2. The molecular weight excluding hydrogens is 428 g/mol. The first-order valence-corrected chi connectivity index (χ1v) is 12.5. The van der Waals surface area contributed by atoms with Gasteiger partial charge in [-0.2, -0.15) is 4.31 Å². The van der Waals surface area contributed by atoms with Crippen molar-refractivity contribution in [2.24, 2.45) is 0 Å². The molecule has 4 heterocycles. The number of sulfonamides is 1. The van der Waals surface area contributed by atoms with Gasteiger partial charge in [0.1, 0.15) is 0 Å². The Morgan fingerprint density at radius 2 is 1.81 bits per heavy atom. The van der Waals surface area contributed by atoms with Crippen molar-refractivity contribution < 1.29 is 13.2 Å². The van der Waals surface area contributed by atoms with Crippen LogP contribution < -0.4 is 10.2 Å². The number of nitrogens with zero attached hydrogens (tertiary/aromatic N) is 5. The number of benzene rings is 1. The molecule has 9 nitrogen and oxygen atoms in total.